The molecule has 3 atom stereocenters. The summed E-state index contributed by atoms with van der Waals surface area (Å²) in [6.07, 6.45) is 9.36. The van der Waals surface area contributed by atoms with Crippen molar-refractivity contribution in [2.75, 3.05) is 6.54 Å². The maximum absolute atomic E-state index is 12.2. The van der Waals surface area contributed by atoms with Crippen LogP contribution < -0.4 is 5.32 Å². The number of carbonyl (C=O) groups excluding carboxylic acids is 1. The minimum Gasteiger partial charge on any atom is -0.354 e. The molecule has 0 bridgehead atoms. The highest BCUT2D eigenvalue weighted by Crippen LogP contribution is 2.38. The topological polar surface area (TPSA) is 114 Å². The number of rotatable bonds is 7. The molecule has 2 N–H and O–H groups in total. The molecule has 1 aliphatic carbocycles. The predicted molar refractivity (Wildman–Crippen MR) is 112 cm³/mol. The molecule has 1 amide bonds. The first-order chi connectivity index (χ1) is 14.5. The van der Waals surface area contributed by atoms with Crippen molar-refractivity contribution in [3.05, 3.63) is 42.3 Å². The van der Waals surface area contributed by atoms with Crippen molar-refractivity contribution >= 4 is 16.9 Å². The number of pyridine rings is 1. The van der Waals surface area contributed by atoms with E-state index in [1.165, 1.54) is 16.6 Å². The average Bonchev–Trinajstić information content (AvgIpc) is 3.36. The molecule has 3 aromatic heterocycles. The Morgan fingerprint density at radius 3 is 3.00 bits per heavy atom. The molecule has 0 fully saturated rings. The van der Waals surface area contributed by atoms with Crippen LogP contribution in [-0.4, -0.2) is 47.6 Å². The minimum absolute atomic E-state index is 0.0751. The number of hydrogen-bond acceptors (Lipinski definition) is 6. The van der Waals surface area contributed by atoms with Crippen LogP contribution in [-0.2, 0) is 17.8 Å². The number of amides is 1. The smallest absolute Gasteiger partial charge is 0.241 e. The number of nitrogens with one attached hydrogen (secondary N) is 2. The van der Waals surface area contributed by atoms with Gasteiger partial charge in [0.25, 0.3) is 0 Å². The number of allylic oxidation sites excluding steroid dienone is 1. The number of fused-ring (bicyclic) bond motifs is 1. The summed E-state index contributed by atoms with van der Waals surface area (Å²) in [7, 11) is 0. The zero-order valence-corrected chi connectivity index (χ0v) is 17.6. The van der Waals surface area contributed by atoms with E-state index in [2.05, 4.69) is 57.7 Å². The maximum atomic E-state index is 12.2. The fourth-order valence-electron chi connectivity index (χ4n) is 4.43. The molecule has 0 saturated heterocycles. The number of aromatic amines is 1. The summed E-state index contributed by atoms with van der Waals surface area (Å²) in [5, 5.41) is 13.9. The van der Waals surface area contributed by atoms with Crippen LogP contribution in [0, 0.1) is 23.7 Å². The van der Waals surface area contributed by atoms with Crippen LogP contribution in [0.2, 0.25) is 0 Å². The number of imidazole rings is 1. The zero-order chi connectivity index (χ0) is 21.1. The van der Waals surface area contributed by atoms with Gasteiger partial charge >= 0.3 is 0 Å². The van der Waals surface area contributed by atoms with Gasteiger partial charge in [0.1, 0.15) is 18.7 Å². The lowest BCUT2D eigenvalue weighted by atomic mass is 9.70. The number of tetrazole rings is 1. The normalized spacial score (nSPS) is 21.7. The highest BCUT2D eigenvalue weighted by Gasteiger charge is 2.32. The summed E-state index contributed by atoms with van der Waals surface area (Å²) in [6.45, 7) is 7.49. The average molecular weight is 409 g/mol. The van der Waals surface area contributed by atoms with Crippen molar-refractivity contribution in [3.63, 3.8) is 0 Å². The Kier molecular flexibility index (Phi) is 5.87. The maximum Gasteiger partial charge on any atom is 0.241 e. The van der Waals surface area contributed by atoms with Crippen molar-refractivity contribution in [3.8, 4) is 0 Å². The van der Waals surface area contributed by atoms with Crippen molar-refractivity contribution in [1.82, 2.24) is 40.5 Å². The third-order valence-electron chi connectivity index (χ3n) is 6.09. The molecule has 3 heterocycles. The number of aromatic nitrogens is 7. The van der Waals surface area contributed by atoms with E-state index < -0.39 is 0 Å². The van der Waals surface area contributed by atoms with Crippen LogP contribution in [0.15, 0.2) is 36.4 Å². The monoisotopic (exact) mass is 408 g/mol. The highest BCUT2D eigenvalue weighted by atomic mass is 16.2. The van der Waals surface area contributed by atoms with E-state index in [4.69, 9.17) is 4.98 Å². The van der Waals surface area contributed by atoms with E-state index >= 15 is 0 Å². The molecular weight excluding hydrogens is 380 g/mol. The standard InChI is InChI=1S/C21H28N8O/c1-13(2)17-7-15(8-20-25-18-4-5-22-10-19(18)26-20)14(3)6-16(17)9-23-21(30)11-29-12-24-27-28-29/h4-6,10,12-13,15-17H,7-9,11H2,1-3H3,(H,23,30)(H,25,26). The number of H-pyrrole nitrogens is 1. The van der Waals surface area contributed by atoms with Gasteiger partial charge in [0.05, 0.1) is 17.2 Å². The summed E-state index contributed by atoms with van der Waals surface area (Å²) in [6, 6.07) is 1.93. The van der Waals surface area contributed by atoms with Crippen molar-refractivity contribution < 1.29 is 4.79 Å². The summed E-state index contributed by atoms with van der Waals surface area (Å²) in [4.78, 5) is 24.5. The highest BCUT2D eigenvalue weighted by molar-refractivity contribution is 5.75. The van der Waals surface area contributed by atoms with Crippen LogP contribution in [0.1, 0.15) is 33.0 Å². The van der Waals surface area contributed by atoms with Crippen molar-refractivity contribution in [2.45, 2.75) is 40.2 Å². The van der Waals surface area contributed by atoms with Gasteiger partial charge in [-0.2, -0.15) is 0 Å². The molecule has 3 unspecified atom stereocenters. The fourth-order valence-corrected chi connectivity index (χ4v) is 4.43. The molecule has 1 aliphatic rings. The zero-order valence-electron chi connectivity index (χ0n) is 17.6. The lowest BCUT2D eigenvalue weighted by Crippen LogP contribution is -2.38. The molecule has 158 valence electrons. The molecule has 9 nitrogen and oxygen atoms in total. The van der Waals surface area contributed by atoms with Crippen LogP contribution in [0.4, 0.5) is 0 Å². The van der Waals surface area contributed by atoms with Crippen molar-refractivity contribution in [1.29, 1.82) is 0 Å². The minimum atomic E-state index is -0.0751. The molecule has 0 aliphatic heterocycles. The summed E-state index contributed by atoms with van der Waals surface area (Å²) in [5.41, 5.74) is 3.31. The van der Waals surface area contributed by atoms with E-state index in [1.54, 1.807) is 6.20 Å². The summed E-state index contributed by atoms with van der Waals surface area (Å²) >= 11 is 0. The number of hydrogen-bond donors (Lipinski definition) is 2. The largest absolute Gasteiger partial charge is 0.354 e. The first-order valence-electron chi connectivity index (χ1n) is 10.4. The Balaban J connectivity index is 1.42. The van der Waals surface area contributed by atoms with Crippen LogP contribution in [0.3, 0.4) is 0 Å². The second kappa shape index (κ2) is 8.73. The Bertz CT molecular complexity index is 990. The van der Waals surface area contributed by atoms with Gasteiger partial charge in [-0.15, -0.1) is 5.10 Å². The van der Waals surface area contributed by atoms with Gasteiger partial charge in [-0.05, 0) is 53.5 Å². The van der Waals surface area contributed by atoms with Gasteiger partial charge in [0.15, 0.2) is 0 Å². The summed E-state index contributed by atoms with van der Waals surface area (Å²) < 4.78 is 1.43. The third-order valence-corrected chi connectivity index (χ3v) is 6.09. The van der Waals surface area contributed by atoms with Crippen molar-refractivity contribution in [2.24, 2.45) is 23.7 Å². The molecule has 0 aromatic carbocycles. The van der Waals surface area contributed by atoms with Gasteiger partial charge in [-0.1, -0.05) is 25.5 Å². The van der Waals surface area contributed by atoms with E-state index in [-0.39, 0.29) is 12.5 Å². The van der Waals surface area contributed by atoms with E-state index in [0.29, 0.717) is 30.2 Å². The van der Waals surface area contributed by atoms with Crippen LogP contribution in [0.25, 0.3) is 11.0 Å². The molecule has 0 saturated carbocycles. The Labute approximate surface area is 175 Å². The predicted octanol–water partition coefficient (Wildman–Crippen LogP) is 2.16. The first kappa shape index (κ1) is 20.2. The fraction of sp³-hybridized carbons (Fsp3) is 0.524. The molecular formula is C21H28N8O. The number of nitrogens with zero attached hydrogens (tertiary/aromatic N) is 6. The van der Waals surface area contributed by atoms with Gasteiger partial charge in [-0.25, -0.2) is 9.67 Å². The Morgan fingerprint density at radius 1 is 1.40 bits per heavy atom. The lowest BCUT2D eigenvalue weighted by molar-refractivity contribution is -0.122. The second-order valence-electron chi connectivity index (χ2n) is 8.51. The first-order valence-corrected chi connectivity index (χ1v) is 10.4. The SMILES string of the molecule is CC1=CC(CNC(=O)Cn2cnnn2)C(C(C)C)CC1Cc1nc2ccncc2[nH]1. The lowest BCUT2D eigenvalue weighted by Gasteiger charge is -2.37. The summed E-state index contributed by atoms with van der Waals surface area (Å²) in [5.74, 6) is 2.72. The van der Waals surface area contributed by atoms with Gasteiger partial charge in [-0.3, -0.25) is 9.78 Å². The van der Waals surface area contributed by atoms with Gasteiger partial charge in [0, 0.05) is 19.2 Å². The van der Waals surface area contributed by atoms with E-state index in [0.717, 1.165) is 29.7 Å². The number of carbonyl (C=O) groups is 1. The molecule has 0 spiro atoms. The molecule has 9 heteroatoms. The van der Waals surface area contributed by atoms with Gasteiger partial charge < -0.3 is 10.3 Å². The Hall–Kier alpha value is -3.10. The third kappa shape index (κ3) is 4.55. The van der Waals surface area contributed by atoms with Crippen LogP contribution >= 0.6 is 0 Å². The molecule has 4 rings (SSSR count). The van der Waals surface area contributed by atoms with Crippen LogP contribution in [0.5, 0.6) is 0 Å². The van der Waals surface area contributed by atoms with E-state index in [1.807, 2.05) is 12.3 Å². The molecule has 30 heavy (non-hydrogen) atoms. The Morgan fingerprint density at radius 2 is 2.27 bits per heavy atom. The van der Waals surface area contributed by atoms with E-state index in [9.17, 15) is 4.79 Å². The van der Waals surface area contributed by atoms with Gasteiger partial charge in [0.2, 0.25) is 5.91 Å². The molecule has 3 aromatic rings. The molecule has 0 radical (unpaired) electrons. The quantitative estimate of drug-likeness (QED) is 0.579. The second-order valence-corrected chi connectivity index (χ2v) is 8.51.